The van der Waals surface area contributed by atoms with E-state index in [-0.39, 0.29) is 12.5 Å². The molecular weight excluding hydrogens is 304 g/mol. The van der Waals surface area contributed by atoms with Crippen LogP contribution in [0.25, 0.3) is 0 Å². The zero-order valence-electron chi connectivity index (χ0n) is 12.9. The summed E-state index contributed by atoms with van der Waals surface area (Å²) in [6, 6.07) is 0. The molecule has 0 aliphatic carbocycles. The van der Waals surface area contributed by atoms with Crippen LogP contribution in [0.5, 0.6) is 0 Å². The number of rotatable bonds is 11. The van der Waals surface area contributed by atoms with Crippen molar-refractivity contribution in [3.63, 3.8) is 0 Å². The predicted octanol–water partition coefficient (Wildman–Crippen LogP) is 2.99. The Labute approximate surface area is 135 Å². The van der Waals surface area contributed by atoms with Gasteiger partial charge in [0.2, 0.25) is 5.91 Å². The Hall–Kier alpha value is -0.590. The highest BCUT2D eigenvalue weighted by molar-refractivity contribution is 7.98. The van der Waals surface area contributed by atoms with E-state index in [0.717, 1.165) is 41.5 Å². The summed E-state index contributed by atoms with van der Waals surface area (Å²) in [6.45, 7) is 5.01. The van der Waals surface area contributed by atoms with Crippen molar-refractivity contribution in [1.82, 2.24) is 10.3 Å². The topological polar surface area (TPSA) is 62.2 Å². The van der Waals surface area contributed by atoms with E-state index in [1.807, 2.05) is 6.92 Å². The van der Waals surface area contributed by atoms with Crippen LogP contribution in [0, 0.1) is 12.8 Å². The molecule has 0 fully saturated rings. The monoisotopic (exact) mass is 330 g/mol. The minimum atomic E-state index is 0.107. The molecule has 0 spiro atoms. The molecule has 1 amide bonds. The van der Waals surface area contributed by atoms with E-state index in [1.165, 1.54) is 0 Å². The van der Waals surface area contributed by atoms with E-state index >= 15 is 0 Å². The number of thiazole rings is 1. The van der Waals surface area contributed by atoms with E-state index < -0.39 is 0 Å². The average Bonchev–Trinajstić information content (AvgIpc) is 2.87. The number of aliphatic hydroxyl groups excluding tert-OH is 1. The third-order valence-electron chi connectivity index (χ3n) is 3.21. The second-order valence-corrected chi connectivity index (χ2v) is 7.30. The van der Waals surface area contributed by atoms with Gasteiger partial charge in [0, 0.05) is 36.5 Å². The third kappa shape index (κ3) is 8.44. The van der Waals surface area contributed by atoms with Gasteiger partial charge in [0.05, 0.1) is 10.7 Å². The molecule has 21 heavy (non-hydrogen) atoms. The van der Waals surface area contributed by atoms with Crippen molar-refractivity contribution in [2.75, 3.05) is 18.9 Å². The Morgan fingerprint density at radius 1 is 1.52 bits per heavy atom. The van der Waals surface area contributed by atoms with Gasteiger partial charge < -0.3 is 10.4 Å². The van der Waals surface area contributed by atoms with Gasteiger partial charge in [-0.25, -0.2) is 4.98 Å². The fraction of sp³-hybridized carbons (Fsp3) is 0.733. The van der Waals surface area contributed by atoms with Crippen molar-refractivity contribution in [2.45, 2.75) is 45.3 Å². The van der Waals surface area contributed by atoms with Crippen LogP contribution in [0.4, 0.5) is 0 Å². The fourth-order valence-corrected chi connectivity index (χ4v) is 3.65. The molecule has 1 heterocycles. The van der Waals surface area contributed by atoms with Crippen LogP contribution < -0.4 is 5.32 Å². The second-order valence-electron chi connectivity index (χ2n) is 5.13. The normalized spacial score (nSPS) is 12.3. The van der Waals surface area contributed by atoms with Crippen molar-refractivity contribution in [1.29, 1.82) is 0 Å². The van der Waals surface area contributed by atoms with Crippen LogP contribution in [0.2, 0.25) is 0 Å². The molecule has 1 aromatic heterocycles. The Morgan fingerprint density at radius 2 is 2.33 bits per heavy atom. The van der Waals surface area contributed by atoms with Crippen molar-refractivity contribution in [3.05, 3.63) is 16.1 Å². The maximum Gasteiger partial charge on any atom is 0.220 e. The first kappa shape index (κ1) is 18.5. The average molecular weight is 331 g/mol. The lowest BCUT2D eigenvalue weighted by Gasteiger charge is -2.15. The molecule has 0 radical (unpaired) electrons. The van der Waals surface area contributed by atoms with E-state index in [1.54, 1.807) is 23.1 Å². The number of carbonyl (C=O) groups is 1. The molecular formula is C15H26N2O2S2. The second kappa shape index (κ2) is 11.0. The molecule has 1 rings (SSSR count). The van der Waals surface area contributed by atoms with Crippen LogP contribution >= 0.6 is 23.1 Å². The summed E-state index contributed by atoms with van der Waals surface area (Å²) in [5.74, 6) is 2.20. The van der Waals surface area contributed by atoms with Gasteiger partial charge in [0.25, 0.3) is 0 Å². The minimum Gasteiger partial charge on any atom is -0.396 e. The number of nitrogens with one attached hydrogen (secondary N) is 1. The number of hydrogen-bond acceptors (Lipinski definition) is 5. The van der Waals surface area contributed by atoms with Crippen molar-refractivity contribution in [2.24, 2.45) is 5.92 Å². The van der Waals surface area contributed by atoms with Crippen molar-refractivity contribution in [3.8, 4) is 0 Å². The molecule has 2 N–H and O–H groups in total. The Balaban J connectivity index is 2.10. The van der Waals surface area contributed by atoms with Gasteiger partial charge in [-0.2, -0.15) is 11.8 Å². The van der Waals surface area contributed by atoms with E-state index in [2.05, 4.69) is 22.6 Å². The number of thioether (sulfide) groups is 1. The van der Waals surface area contributed by atoms with Crippen molar-refractivity contribution < 1.29 is 9.90 Å². The van der Waals surface area contributed by atoms with Crippen LogP contribution in [0.1, 0.15) is 43.3 Å². The number of aliphatic hydroxyl groups is 1. The van der Waals surface area contributed by atoms with Crippen LogP contribution in [0.15, 0.2) is 5.38 Å². The number of nitrogens with zero attached hydrogens (tertiary/aromatic N) is 1. The molecule has 4 nitrogen and oxygen atoms in total. The van der Waals surface area contributed by atoms with Crippen LogP contribution in [-0.4, -0.2) is 34.9 Å². The molecule has 6 heteroatoms. The summed E-state index contributed by atoms with van der Waals surface area (Å²) in [6.07, 6.45) is 3.46. The Bertz CT molecular complexity index is 404. The van der Waals surface area contributed by atoms with Crippen LogP contribution in [0.3, 0.4) is 0 Å². The smallest absolute Gasteiger partial charge is 0.220 e. The zero-order valence-corrected chi connectivity index (χ0v) is 14.6. The molecule has 1 aromatic rings. The lowest BCUT2D eigenvalue weighted by molar-refractivity contribution is -0.120. The van der Waals surface area contributed by atoms with E-state index in [4.69, 9.17) is 5.11 Å². The molecule has 1 atom stereocenters. The Kier molecular flexibility index (Phi) is 9.70. The first-order valence-electron chi connectivity index (χ1n) is 7.52. The highest BCUT2D eigenvalue weighted by atomic mass is 32.2. The number of amides is 1. The molecule has 0 aliphatic rings. The SMILES string of the molecule is CCCC(CCO)CNC(=O)CCSCc1csc(C)n1. The van der Waals surface area contributed by atoms with Gasteiger partial charge in [-0.3, -0.25) is 4.79 Å². The molecule has 120 valence electrons. The molecule has 0 saturated heterocycles. The standard InChI is InChI=1S/C15H26N2O2S2/c1-3-4-13(5-7-18)9-16-15(19)6-8-20-10-14-11-21-12(2)17-14/h11,13,18H,3-10H2,1-2H3,(H,16,19). The summed E-state index contributed by atoms with van der Waals surface area (Å²) in [5, 5.41) is 15.1. The maximum atomic E-state index is 11.8. The zero-order chi connectivity index (χ0) is 15.5. The molecule has 0 aliphatic heterocycles. The fourth-order valence-electron chi connectivity index (χ4n) is 2.10. The lowest BCUT2D eigenvalue weighted by atomic mass is 10.0. The molecule has 0 bridgehead atoms. The number of hydrogen-bond donors (Lipinski definition) is 2. The number of aryl methyl sites for hydroxylation is 1. The molecule has 0 aromatic carbocycles. The summed E-state index contributed by atoms with van der Waals surface area (Å²) in [7, 11) is 0. The van der Waals surface area contributed by atoms with Gasteiger partial charge >= 0.3 is 0 Å². The Morgan fingerprint density at radius 3 is 2.95 bits per heavy atom. The van der Waals surface area contributed by atoms with Gasteiger partial charge in [0.15, 0.2) is 0 Å². The van der Waals surface area contributed by atoms with Crippen LogP contribution in [-0.2, 0) is 10.5 Å². The summed E-state index contributed by atoms with van der Waals surface area (Å²) in [4.78, 5) is 16.2. The van der Waals surface area contributed by atoms with Gasteiger partial charge in [-0.15, -0.1) is 11.3 Å². The van der Waals surface area contributed by atoms with Crippen molar-refractivity contribution >= 4 is 29.0 Å². The highest BCUT2D eigenvalue weighted by Crippen LogP contribution is 2.15. The summed E-state index contributed by atoms with van der Waals surface area (Å²) >= 11 is 3.41. The largest absolute Gasteiger partial charge is 0.396 e. The highest BCUT2D eigenvalue weighted by Gasteiger charge is 2.09. The van der Waals surface area contributed by atoms with Gasteiger partial charge in [-0.05, 0) is 25.7 Å². The number of aromatic nitrogens is 1. The van der Waals surface area contributed by atoms with Gasteiger partial charge in [-0.1, -0.05) is 13.3 Å². The summed E-state index contributed by atoms with van der Waals surface area (Å²) < 4.78 is 0. The predicted molar refractivity (Wildman–Crippen MR) is 90.7 cm³/mol. The third-order valence-corrected chi connectivity index (χ3v) is 5.03. The molecule has 0 saturated carbocycles. The number of carbonyl (C=O) groups excluding carboxylic acids is 1. The lowest BCUT2D eigenvalue weighted by Crippen LogP contribution is -2.30. The quantitative estimate of drug-likeness (QED) is 0.612. The van der Waals surface area contributed by atoms with E-state index in [0.29, 0.717) is 18.9 Å². The first-order valence-corrected chi connectivity index (χ1v) is 9.55. The molecule has 1 unspecified atom stereocenters. The maximum absolute atomic E-state index is 11.8. The summed E-state index contributed by atoms with van der Waals surface area (Å²) in [5.41, 5.74) is 1.11. The van der Waals surface area contributed by atoms with E-state index in [9.17, 15) is 4.79 Å². The first-order chi connectivity index (χ1) is 10.2. The minimum absolute atomic E-state index is 0.107. The van der Waals surface area contributed by atoms with Gasteiger partial charge in [0.1, 0.15) is 0 Å².